The number of carbonyl (C=O) groups excluding carboxylic acids is 2. The molecule has 0 aliphatic carbocycles. The predicted octanol–water partition coefficient (Wildman–Crippen LogP) is -0.0466. The van der Waals surface area contributed by atoms with Crippen LogP contribution in [0.25, 0.3) is 0 Å². The van der Waals surface area contributed by atoms with E-state index in [0.717, 1.165) is 0 Å². The molecule has 3 N–H and O–H groups in total. The van der Waals surface area contributed by atoms with Gasteiger partial charge in [0.2, 0.25) is 0 Å². The summed E-state index contributed by atoms with van der Waals surface area (Å²) >= 11 is 0. The molecule has 1 rings (SSSR count). The zero-order chi connectivity index (χ0) is 14.8. The number of methoxy groups -OCH3 is 1. The normalized spacial score (nSPS) is 9.85. The van der Waals surface area contributed by atoms with Crippen molar-refractivity contribution in [3.63, 3.8) is 0 Å². The zero-order valence-electron chi connectivity index (χ0n) is 11.3. The van der Waals surface area contributed by atoms with Crippen LogP contribution in [0.2, 0.25) is 0 Å². The number of nitrogens with one attached hydrogen (secondary N) is 1. The number of carbonyl (C=O) groups is 2. The highest BCUT2D eigenvalue weighted by atomic mass is 16.6. The van der Waals surface area contributed by atoms with Crippen LogP contribution in [0, 0.1) is 0 Å². The molecule has 1 amide bonds. The molecule has 0 aliphatic rings. The molecule has 0 fully saturated rings. The third-order valence-electron chi connectivity index (χ3n) is 2.23. The molecule has 0 spiro atoms. The van der Waals surface area contributed by atoms with Crippen molar-refractivity contribution in [2.45, 2.75) is 0 Å². The van der Waals surface area contributed by atoms with Gasteiger partial charge in [-0.3, -0.25) is 4.79 Å². The lowest BCUT2D eigenvalue weighted by atomic mass is 10.3. The maximum Gasteiger partial charge on any atom is 0.344 e. The van der Waals surface area contributed by atoms with E-state index in [9.17, 15) is 9.59 Å². The number of anilines is 1. The Morgan fingerprint density at radius 3 is 2.55 bits per heavy atom. The molecule has 0 radical (unpaired) electrons. The van der Waals surface area contributed by atoms with E-state index in [-0.39, 0.29) is 19.1 Å². The molecule has 110 valence electrons. The number of ether oxygens (including phenoxy) is 3. The molecule has 0 heterocycles. The number of amides is 1. The second kappa shape index (κ2) is 8.76. The Balaban J connectivity index is 2.17. The van der Waals surface area contributed by atoms with Gasteiger partial charge >= 0.3 is 5.97 Å². The Kier molecular flexibility index (Phi) is 6.91. The van der Waals surface area contributed by atoms with Gasteiger partial charge in [-0.1, -0.05) is 0 Å². The van der Waals surface area contributed by atoms with E-state index in [1.165, 1.54) is 7.11 Å². The molecule has 1 aromatic rings. The molecule has 7 nitrogen and oxygen atoms in total. The molecular weight excluding hydrogens is 264 g/mol. The SMILES string of the molecule is COCCNC(=O)COC(=O)COc1ccc(N)cc1. The van der Waals surface area contributed by atoms with E-state index in [1.54, 1.807) is 24.3 Å². The van der Waals surface area contributed by atoms with Crippen LogP contribution in [0.3, 0.4) is 0 Å². The van der Waals surface area contributed by atoms with Crippen LogP contribution >= 0.6 is 0 Å². The van der Waals surface area contributed by atoms with Crippen LogP contribution in [-0.4, -0.2) is 45.4 Å². The van der Waals surface area contributed by atoms with Gasteiger partial charge in [0.15, 0.2) is 13.2 Å². The van der Waals surface area contributed by atoms with E-state index in [0.29, 0.717) is 24.6 Å². The fourth-order valence-corrected chi connectivity index (χ4v) is 1.24. The summed E-state index contributed by atoms with van der Waals surface area (Å²) in [5.41, 5.74) is 6.12. The first-order valence-electron chi connectivity index (χ1n) is 6.01. The van der Waals surface area contributed by atoms with Crippen LogP contribution in [0.4, 0.5) is 5.69 Å². The number of benzene rings is 1. The van der Waals surface area contributed by atoms with Gasteiger partial charge in [-0.05, 0) is 24.3 Å². The van der Waals surface area contributed by atoms with Crippen LogP contribution in [0.5, 0.6) is 5.75 Å². The van der Waals surface area contributed by atoms with E-state index in [1.807, 2.05) is 0 Å². The van der Waals surface area contributed by atoms with Crippen molar-refractivity contribution < 1.29 is 23.8 Å². The maximum absolute atomic E-state index is 11.3. The Morgan fingerprint density at radius 1 is 1.20 bits per heavy atom. The smallest absolute Gasteiger partial charge is 0.344 e. The first-order valence-corrected chi connectivity index (χ1v) is 6.01. The molecule has 0 bridgehead atoms. The highest BCUT2D eigenvalue weighted by molar-refractivity contribution is 5.80. The lowest BCUT2D eigenvalue weighted by molar-refractivity contribution is -0.150. The van der Waals surface area contributed by atoms with Crippen molar-refractivity contribution in [2.75, 3.05) is 39.2 Å². The van der Waals surface area contributed by atoms with E-state index in [2.05, 4.69) is 5.32 Å². The Morgan fingerprint density at radius 2 is 1.90 bits per heavy atom. The van der Waals surface area contributed by atoms with Gasteiger partial charge < -0.3 is 25.3 Å². The summed E-state index contributed by atoms with van der Waals surface area (Å²) in [6.45, 7) is 0.164. The minimum atomic E-state index is -0.622. The standard InChI is InChI=1S/C13H18N2O5/c1-18-7-6-15-12(16)8-20-13(17)9-19-11-4-2-10(14)3-5-11/h2-5H,6-9,14H2,1H3,(H,15,16). The molecule has 1 aromatic carbocycles. The number of hydrogen-bond acceptors (Lipinski definition) is 6. The molecule has 0 saturated carbocycles. The largest absolute Gasteiger partial charge is 0.482 e. The van der Waals surface area contributed by atoms with Crippen LogP contribution in [-0.2, 0) is 19.1 Å². The Bertz CT molecular complexity index is 433. The quantitative estimate of drug-likeness (QED) is 0.394. The molecule has 7 heteroatoms. The van der Waals surface area contributed by atoms with E-state index in [4.69, 9.17) is 19.9 Å². The van der Waals surface area contributed by atoms with E-state index < -0.39 is 5.97 Å². The van der Waals surface area contributed by atoms with Crippen molar-refractivity contribution in [1.29, 1.82) is 0 Å². The van der Waals surface area contributed by atoms with Gasteiger partial charge in [0, 0.05) is 19.3 Å². The van der Waals surface area contributed by atoms with Gasteiger partial charge in [0.1, 0.15) is 5.75 Å². The lowest BCUT2D eigenvalue weighted by Gasteiger charge is -2.07. The fourth-order valence-electron chi connectivity index (χ4n) is 1.24. The molecular formula is C13H18N2O5. The van der Waals surface area contributed by atoms with E-state index >= 15 is 0 Å². The summed E-state index contributed by atoms with van der Waals surface area (Å²) in [5, 5.41) is 2.52. The third kappa shape index (κ3) is 6.60. The number of nitrogens with two attached hydrogens (primary N) is 1. The number of hydrogen-bond donors (Lipinski definition) is 2. The van der Waals surface area contributed by atoms with Gasteiger partial charge in [-0.2, -0.15) is 0 Å². The van der Waals surface area contributed by atoms with Gasteiger partial charge in [-0.15, -0.1) is 0 Å². The van der Waals surface area contributed by atoms with Gasteiger partial charge in [-0.25, -0.2) is 4.79 Å². The van der Waals surface area contributed by atoms with Crippen molar-refractivity contribution >= 4 is 17.6 Å². The average Bonchev–Trinajstić information content (AvgIpc) is 2.45. The van der Waals surface area contributed by atoms with Gasteiger partial charge in [0.25, 0.3) is 5.91 Å². The topological polar surface area (TPSA) is 99.9 Å². The number of esters is 1. The average molecular weight is 282 g/mol. The van der Waals surface area contributed by atoms with Crippen molar-refractivity contribution in [3.05, 3.63) is 24.3 Å². The fraction of sp³-hybridized carbons (Fsp3) is 0.385. The third-order valence-corrected chi connectivity index (χ3v) is 2.23. The van der Waals surface area contributed by atoms with Crippen molar-refractivity contribution in [1.82, 2.24) is 5.32 Å². The molecule has 0 aliphatic heterocycles. The Labute approximate surface area is 117 Å². The second-order valence-electron chi connectivity index (χ2n) is 3.86. The summed E-state index contributed by atoms with van der Waals surface area (Å²) in [4.78, 5) is 22.6. The maximum atomic E-state index is 11.3. The first kappa shape index (κ1) is 15.8. The highest BCUT2D eigenvalue weighted by Crippen LogP contribution is 2.12. The van der Waals surface area contributed by atoms with Gasteiger partial charge in [0.05, 0.1) is 6.61 Å². The number of nitrogen functional groups attached to an aromatic ring is 1. The molecule has 0 aromatic heterocycles. The van der Waals surface area contributed by atoms with Crippen LogP contribution in [0.15, 0.2) is 24.3 Å². The molecule has 0 atom stereocenters. The highest BCUT2D eigenvalue weighted by Gasteiger charge is 2.08. The number of rotatable bonds is 8. The summed E-state index contributed by atoms with van der Waals surface area (Å²) in [6.07, 6.45) is 0. The predicted molar refractivity (Wildman–Crippen MR) is 72.2 cm³/mol. The molecule has 0 unspecified atom stereocenters. The minimum absolute atomic E-state index is 0.269. The summed E-state index contributed by atoms with van der Waals surface area (Å²) in [6, 6.07) is 6.59. The monoisotopic (exact) mass is 282 g/mol. The Hall–Kier alpha value is -2.28. The molecule has 20 heavy (non-hydrogen) atoms. The lowest BCUT2D eigenvalue weighted by Crippen LogP contribution is -2.32. The van der Waals surface area contributed by atoms with Crippen molar-refractivity contribution in [2.24, 2.45) is 0 Å². The zero-order valence-corrected chi connectivity index (χ0v) is 11.3. The van der Waals surface area contributed by atoms with Crippen molar-refractivity contribution in [3.8, 4) is 5.75 Å². The van der Waals surface area contributed by atoms with Crippen LogP contribution in [0.1, 0.15) is 0 Å². The summed E-state index contributed by atoms with van der Waals surface area (Å²) < 4.78 is 14.7. The molecule has 0 saturated heterocycles. The first-order chi connectivity index (χ1) is 9.61. The summed E-state index contributed by atoms with van der Waals surface area (Å²) in [7, 11) is 1.53. The second-order valence-corrected chi connectivity index (χ2v) is 3.86. The minimum Gasteiger partial charge on any atom is -0.482 e. The van der Waals surface area contributed by atoms with Crippen LogP contribution < -0.4 is 15.8 Å². The summed E-state index contributed by atoms with van der Waals surface area (Å²) in [5.74, 6) is -0.507.